The minimum atomic E-state index is -3.51. The Bertz CT molecular complexity index is 1010. The van der Waals surface area contributed by atoms with Gasteiger partial charge in [-0.25, -0.2) is 8.42 Å². The lowest BCUT2D eigenvalue weighted by molar-refractivity contribution is -0.118. The molecule has 0 N–H and O–H groups in total. The number of benzene rings is 2. The zero-order valence-corrected chi connectivity index (χ0v) is 18.6. The first kappa shape index (κ1) is 21.1. The summed E-state index contributed by atoms with van der Waals surface area (Å²) in [7, 11) is -3.51. The van der Waals surface area contributed by atoms with Gasteiger partial charge >= 0.3 is 0 Å². The highest BCUT2D eigenvalue weighted by Crippen LogP contribution is 2.35. The molecule has 1 amide bonds. The van der Waals surface area contributed by atoms with Crippen LogP contribution in [0.5, 0.6) is 0 Å². The lowest BCUT2D eigenvalue weighted by atomic mass is 9.91. The van der Waals surface area contributed by atoms with E-state index in [0.29, 0.717) is 36.7 Å². The maximum Gasteiger partial charge on any atom is 0.243 e. The van der Waals surface area contributed by atoms with Gasteiger partial charge in [-0.15, -0.1) is 0 Å². The number of amides is 1. The number of piperidine rings is 1. The summed E-state index contributed by atoms with van der Waals surface area (Å²) in [6.45, 7) is 4.99. The summed E-state index contributed by atoms with van der Waals surface area (Å²) < 4.78 is 28.1. The van der Waals surface area contributed by atoms with Crippen LogP contribution in [0.2, 0.25) is 0 Å². The molecular weight excluding hydrogens is 396 g/mol. The number of carbonyl (C=O) groups excluding carboxylic acids is 1. The van der Waals surface area contributed by atoms with Gasteiger partial charge in [-0.05, 0) is 67.9 Å². The smallest absolute Gasteiger partial charge is 0.243 e. The van der Waals surface area contributed by atoms with Crippen LogP contribution in [0, 0.1) is 5.92 Å². The maximum atomic E-state index is 13.3. The Hall–Kier alpha value is -2.18. The monoisotopic (exact) mass is 426 g/mol. The number of nitrogens with zero attached hydrogens (tertiary/aromatic N) is 2. The summed E-state index contributed by atoms with van der Waals surface area (Å²) >= 11 is 0. The predicted octanol–water partition coefficient (Wildman–Crippen LogP) is 4.02. The number of rotatable bonds is 5. The SMILES string of the molecule is CCC(=O)N1c2ccc(S(=O)(=O)N3CCC(Cc4ccccc4)CC3)cc2C[C@H]1C. The second-order valence-corrected chi connectivity index (χ2v) is 10.4. The average molecular weight is 427 g/mol. The third kappa shape index (κ3) is 4.03. The molecule has 0 aromatic heterocycles. The van der Waals surface area contributed by atoms with Crippen molar-refractivity contribution >= 4 is 21.6 Å². The van der Waals surface area contributed by atoms with Crippen molar-refractivity contribution in [2.45, 2.75) is 56.9 Å². The highest BCUT2D eigenvalue weighted by Gasteiger charge is 2.33. The highest BCUT2D eigenvalue weighted by atomic mass is 32.2. The van der Waals surface area contributed by atoms with Crippen LogP contribution in [0.4, 0.5) is 5.69 Å². The Labute approximate surface area is 179 Å². The van der Waals surface area contributed by atoms with Crippen LogP contribution in [0.1, 0.15) is 44.2 Å². The number of sulfonamides is 1. The van der Waals surface area contributed by atoms with Crippen LogP contribution < -0.4 is 4.90 Å². The topological polar surface area (TPSA) is 57.7 Å². The molecule has 0 saturated carbocycles. The van der Waals surface area contributed by atoms with Gasteiger partial charge in [0.15, 0.2) is 0 Å². The van der Waals surface area contributed by atoms with E-state index in [1.807, 2.05) is 19.9 Å². The van der Waals surface area contributed by atoms with E-state index in [9.17, 15) is 13.2 Å². The molecule has 1 fully saturated rings. The number of hydrogen-bond acceptors (Lipinski definition) is 3. The molecule has 1 saturated heterocycles. The van der Waals surface area contributed by atoms with Crippen molar-refractivity contribution in [1.29, 1.82) is 0 Å². The number of anilines is 1. The summed E-state index contributed by atoms with van der Waals surface area (Å²) in [6, 6.07) is 15.7. The van der Waals surface area contributed by atoms with E-state index in [1.165, 1.54) is 5.56 Å². The zero-order chi connectivity index (χ0) is 21.3. The van der Waals surface area contributed by atoms with Crippen molar-refractivity contribution < 1.29 is 13.2 Å². The fraction of sp³-hybridized carbons (Fsp3) is 0.458. The Kier molecular flexibility index (Phi) is 5.98. The van der Waals surface area contributed by atoms with Crippen LogP contribution >= 0.6 is 0 Å². The zero-order valence-electron chi connectivity index (χ0n) is 17.8. The molecule has 0 radical (unpaired) electrons. The fourth-order valence-electron chi connectivity index (χ4n) is 4.77. The molecule has 1 atom stereocenters. The largest absolute Gasteiger partial charge is 0.309 e. The standard InChI is InChI=1S/C24H30N2O3S/c1-3-24(27)26-18(2)15-21-17-22(9-10-23(21)26)30(28,29)25-13-11-20(12-14-25)16-19-7-5-4-6-8-19/h4-10,17-18,20H,3,11-16H2,1-2H3/t18-/m1/s1. The Balaban J connectivity index is 1.46. The van der Waals surface area contributed by atoms with Crippen molar-refractivity contribution in [2.75, 3.05) is 18.0 Å². The van der Waals surface area contributed by atoms with Crippen molar-refractivity contribution in [3.05, 3.63) is 59.7 Å². The Morgan fingerprint density at radius 2 is 1.77 bits per heavy atom. The Morgan fingerprint density at radius 1 is 1.07 bits per heavy atom. The summed E-state index contributed by atoms with van der Waals surface area (Å²) in [5.74, 6) is 0.602. The molecule has 2 aliphatic rings. The molecule has 6 heteroatoms. The van der Waals surface area contributed by atoms with Gasteiger partial charge in [0.2, 0.25) is 15.9 Å². The van der Waals surface area contributed by atoms with E-state index in [4.69, 9.17) is 0 Å². The summed E-state index contributed by atoms with van der Waals surface area (Å²) in [5.41, 5.74) is 3.12. The van der Waals surface area contributed by atoms with Gasteiger partial charge in [0, 0.05) is 31.2 Å². The first-order valence-electron chi connectivity index (χ1n) is 10.9. The van der Waals surface area contributed by atoms with Crippen LogP contribution in [-0.4, -0.2) is 37.8 Å². The molecule has 2 aliphatic heterocycles. The third-order valence-electron chi connectivity index (χ3n) is 6.42. The van der Waals surface area contributed by atoms with E-state index in [-0.39, 0.29) is 11.9 Å². The molecule has 5 nitrogen and oxygen atoms in total. The highest BCUT2D eigenvalue weighted by molar-refractivity contribution is 7.89. The number of carbonyl (C=O) groups is 1. The minimum absolute atomic E-state index is 0.0686. The quantitative estimate of drug-likeness (QED) is 0.726. The van der Waals surface area contributed by atoms with E-state index < -0.39 is 10.0 Å². The molecule has 0 spiro atoms. The average Bonchev–Trinajstić information content (AvgIpc) is 3.09. The first-order valence-corrected chi connectivity index (χ1v) is 12.3. The second kappa shape index (κ2) is 8.52. The predicted molar refractivity (Wildman–Crippen MR) is 119 cm³/mol. The minimum Gasteiger partial charge on any atom is -0.309 e. The fourth-order valence-corrected chi connectivity index (χ4v) is 6.29. The van der Waals surface area contributed by atoms with Crippen LogP contribution in [-0.2, 0) is 27.7 Å². The van der Waals surface area contributed by atoms with Gasteiger partial charge in [0.05, 0.1) is 4.90 Å². The van der Waals surface area contributed by atoms with Gasteiger partial charge in [0.1, 0.15) is 0 Å². The van der Waals surface area contributed by atoms with E-state index in [1.54, 1.807) is 27.4 Å². The summed E-state index contributed by atoms with van der Waals surface area (Å²) in [4.78, 5) is 14.4. The molecule has 0 bridgehead atoms. The van der Waals surface area contributed by atoms with Crippen molar-refractivity contribution in [3.63, 3.8) is 0 Å². The second-order valence-electron chi connectivity index (χ2n) is 8.50. The maximum absolute atomic E-state index is 13.3. The molecule has 4 rings (SSSR count). The van der Waals surface area contributed by atoms with Crippen LogP contribution in [0.15, 0.2) is 53.4 Å². The molecule has 2 aromatic rings. The van der Waals surface area contributed by atoms with Crippen LogP contribution in [0.3, 0.4) is 0 Å². The molecule has 2 heterocycles. The number of fused-ring (bicyclic) bond motifs is 1. The van der Waals surface area contributed by atoms with Crippen molar-refractivity contribution in [3.8, 4) is 0 Å². The molecule has 30 heavy (non-hydrogen) atoms. The third-order valence-corrected chi connectivity index (χ3v) is 8.31. The lowest BCUT2D eigenvalue weighted by Gasteiger charge is -2.31. The van der Waals surface area contributed by atoms with Gasteiger partial charge in [-0.1, -0.05) is 37.3 Å². The molecule has 0 aliphatic carbocycles. The van der Waals surface area contributed by atoms with Gasteiger partial charge in [-0.2, -0.15) is 4.31 Å². The number of hydrogen-bond donors (Lipinski definition) is 0. The van der Waals surface area contributed by atoms with Crippen molar-refractivity contribution in [1.82, 2.24) is 4.31 Å². The van der Waals surface area contributed by atoms with E-state index in [2.05, 4.69) is 24.3 Å². The summed E-state index contributed by atoms with van der Waals surface area (Å²) in [6.07, 6.45) is 3.92. The van der Waals surface area contributed by atoms with E-state index in [0.717, 1.165) is 30.5 Å². The van der Waals surface area contributed by atoms with Crippen LogP contribution in [0.25, 0.3) is 0 Å². The normalized spacial score (nSPS) is 20.3. The summed E-state index contributed by atoms with van der Waals surface area (Å²) in [5, 5.41) is 0. The van der Waals surface area contributed by atoms with E-state index >= 15 is 0 Å². The molecular formula is C24H30N2O3S. The first-order chi connectivity index (χ1) is 14.4. The van der Waals surface area contributed by atoms with Gasteiger partial charge < -0.3 is 4.90 Å². The Morgan fingerprint density at radius 3 is 2.43 bits per heavy atom. The lowest BCUT2D eigenvalue weighted by Crippen LogP contribution is -2.38. The van der Waals surface area contributed by atoms with Crippen molar-refractivity contribution in [2.24, 2.45) is 5.92 Å². The molecule has 160 valence electrons. The molecule has 0 unspecified atom stereocenters. The molecule has 2 aromatic carbocycles. The van der Waals surface area contributed by atoms with Gasteiger partial charge in [0.25, 0.3) is 0 Å². The van der Waals surface area contributed by atoms with Gasteiger partial charge in [-0.3, -0.25) is 4.79 Å².